The van der Waals surface area contributed by atoms with E-state index in [-0.39, 0.29) is 23.1 Å². The minimum absolute atomic E-state index is 0.0556. The van der Waals surface area contributed by atoms with Crippen molar-refractivity contribution in [3.05, 3.63) is 75.8 Å². The second-order valence-corrected chi connectivity index (χ2v) is 5.93. The molecule has 0 saturated heterocycles. The standard InChI is InChI=1S/C17H14N2O3/c1-17(12-5-3-2-4-6-12)14-15(18-22-16(14)17)11-7-9-13(10-8-11)19(20)21/h2-10,14,16H,1H3/t14-,16+,17-/m1/s1. The molecular weight excluding hydrogens is 280 g/mol. The van der Waals surface area contributed by atoms with E-state index < -0.39 is 4.92 Å². The van der Waals surface area contributed by atoms with Crippen molar-refractivity contribution in [1.29, 1.82) is 0 Å². The van der Waals surface area contributed by atoms with E-state index >= 15 is 0 Å². The number of nitrogens with zero attached hydrogens (tertiary/aromatic N) is 2. The Morgan fingerprint density at radius 3 is 2.45 bits per heavy atom. The van der Waals surface area contributed by atoms with Crippen molar-refractivity contribution in [2.75, 3.05) is 0 Å². The summed E-state index contributed by atoms with van der Waals surface area (Å²) >= 11 is 0. The fourth-order valence-corrected chi connectivity index (χ4v) is 3.37. The number of oxime groups is 1. The number of nitro groups is 1. The summed E-state index contributed by atoms with van der Waals surface area (Å²) in [6, 6.07) is 16.8. The van der Waals surface area contributed by atoms with E-state index in [1.54, 1.807) is 12.1 Å². The van der Waals surface area contributed by atoms with Gasteiger partial charge in [-0.05, 0) is 17.7 Å². The maximum atomic E-state index is 10.7. The molecule has 22 heavy (non-hydrogen) atoms. The minimum atomic E-state index is -0.398. The van der Waals surface area contributed by atoms with Crippen LogP contribution in [0, 0.1) is 16.0 Å². The van der Waals surface area contributed by atoms with Crippen LogP contribution in [0.2, 0.25) is 0 Å². The number of fused-ring (bicyclic) bond motifs is 1. The minimum Gasteiger partial charge on any atom is -0.391 e. The summed E-state index contributed by atoms with van der Waals surface area (Å²) in [5.41, 5.74) is 3.02. The van der Waals surface area contributed by atoms with Gasteiger partial charge in [-0.25, -0.2) is 0 Å². The summed E-state index contributed by atoms with van der Waals surface area (Å²) in [7, 11) is 0. The van der Waals surface area contributed by atoms with Gasteiger partial charge in [-0.1, -0.05) is 42.4 Å². The number of nitro benzene ring substituents is 1. The molecule has 2 aliphatic rings. The van der Waals surface area contributed by atoms with Crippen LogP contribution in [-0.4, -0.2) is 16.7 Å². The van der Waals surface area contributed by atoms with Crippen LogP contribution in [0.4, 0.5) is 5.69 Å². The largest absolute Gasteiger partial charge is 0.391 e. The molecule has 1 saturated carbocycles. The monoisotopic (exact) mass is 294 g/mol. The van der Waals surface area contributed by atoms with Gasteiger partial charge in [0.1, 0.15) is 6.10 Å². The van der Waals surface area contributed by atoms with Crippen molar-refractivity contribution in [3.63, 3.8) is 0 Å². The molecule has 3 atom stereocenters. The van der Waals surface area contributed by atoms with Crippen molar-refractivity contribution in [2.24, 2.45) is 11.1 Å². The zero-order valence-corrected chi connectivity index (χ0v) is 12.0. The Morgan fingerprint density at radius 1 is 1.14 bits per heavy atom. The van der Waals surface area contributed by atoms with E-state index in [0.29, 0.717) is 0 Å². The van der Waals surface area contributed by atoms with Gasteiger partial charge in [-0.2, -0.15) is 0 Å². The maximum absolute atomic E-state index is 10.7. The van der Waals surface area contributed by atoms with Crippen LogP contribution in [-0.2, 0) is 10.3 Å². The van der Waals surface area contributed by atoms with Crippen molar-refractivity contribution >= 4 is 11.4 Å². The van der Waals surface area contributed by atoms with Crippen molar-refractivity contribution < 1.29 is 9.76 Å². The van der Waals surface area contributed by atoms with E-state index in [0.717, 1.165) is 11.3 Å². The van der Waals surface area contributed by atoms with Crippen LogP contribution < -0.4 is 0 Å². The maximum Gasteiger partial charge on any atom is 0.269 e. The van der Waals surface area contributed by atoms with Crippen LogP contribution in [0.15, 0.2) is 59.8 Å². The first-order valence-corrected chi connectivity index (χ1v) is 7.16. The summed E-state index contributed by atoms with van der Waals surface area (Å²) < 4.78 is 0. The summed E-state index contributed by atoms with van der Waals surface area (Å²) in [6.45, 7) is 2.18. The first-order chi connectivity index (χ1) is 10.6. The normalized spacial score (nSPS) is 28.5. The highest BCUT2D eigenvalue weighted by Gasteiger charge is 2.70. The Kier molecular flexibility index (Phi) is 2.60. The fourth-order valence-electron chi connectivity index (χ4n) is 3.37. The molecule has 0 unspecified atom stereocenters. The van der Waals surface area contributed by atoms with E-state index in [1.807, 2.05) is 18.2 Å². The van der Waals surface area contributed by atoms with Gasteiger partial charge in [-0.15, -0.1) is 0 Å². The highest BCUT2D eigenvalue weighted by Crippen LogP contribution is 2.60. The van der Waals surface area contributed by atoms with E-state index in [1.165, 1.54) is 17.7 Å². The predicted molar refractivity (Wildman–Crippen MR) is 81.8 cm³/mol. The molecule has 0 spiro atoms. The average Bonchev–Trinajstić information content (AvgIpc) is 2.94. The molecule has 1 heterocycles. The summed E-state index contributed by atoms with van der Waals surface area (Å²) in [6.07, 6.45) is 0.0556. The Bertz CT molecular complexity index is 770. The highest BCUT2D eigenvalue weighted by atomic mass is 16.7. The Balaban J connectivity index is 1.64. The van der Waals surface area contributed by atoms with E-state index in [2.05, 4.69) is 24.2 Å². The Labute approximate surface area is 127 Å². The quantitative estimate of drug-likeness (QED) is 0.644. The molecule has 1 fully saturated rings. The molecule has 2 aromatic carbocycles. The van der Waals surface area contributed by atoms with Crippen LogP contribution in [0.5, 0.6) is 0 Å². The van der Waals surface area contributed by atoms with Gasteiger partial charge in [0.25, 0.3) is 5.69 Å². The third-order valence-electron chi connectivity index (χ3n) is 4.76. The number of rotatable bonds is 3. The molecule has 0 aromatic heterocycles. The molecule has 5 nitrogen and oxygen atoms in total. The fraction of sp³-hybridized carbons (Fsp3) is 0.235. The average molecular weight is 294 g/mol. The SMILES string of the molecule is C[C@@]1(c2ccccc2)[C@@H]2C(c3ccc([N+](=O)[O-])cc3)=NO[C@@H]21. The van der Waals surface area contributed by atoms with Gasteiger partial charge in [-0.3, -0.25) is 10.1 Å². The predicted octanol–water partition coefficient (Wildman–Crippen LogP) is 3.29. The van der Waals surface area contributed by atoms with Gasteiger partial charge in [0.15, 0.2) is 0 Å². The smallest absolute Gasteiger partial charge is 0.269 e. The topological polar surface area (TPSA) is 64.7 Å². The molecular formula is C17H14N2O3. The van der Waals surface area contributed by atoms with Crippen molar-refractivity contribution in [3.8, 4) is 0 Å². The number of non-ortho nitro benzene ring substituents is 1. The summed E-state index contributed by atoms with van der Waals surface area (Å²) in [5, 5.41) is 14.9. The second kappa shape index (κ2) is 4.40. The van der Waals surface area contributed by atoms with Gasteiger partial charge < -0.3 is 4.84 Å². The molecule has 0 bridgehead atoms. The molecule has 2 aromatic rings. The highest BCUT2D eigenvalue weighted by molar-refractivity contribution is 6.07. The molecule has 4 rings (SSSR count). The zero-order valence-electron chi connectivity index (χ0n) is 12.0. The lowest BCUT2D eigenvalue weighted by molar-refractivity contribution is -0.384. The lowest BCUT2D eigenvalue weighted by atomic mass is 9.92. The summed E-state index contributed by atoms with van der Waals surface area (Å²) in [4.78, 5) is 15.9. The van der Waals surface area contributed by atoms with Crippen LogP contribution >= 0.6 is 0 Å². The molecule has 0 amide bonds. The molecule has 110 valence electrons. The van der Waals surface area contributed by atoms with Crippen LogP contribution in [0.1, 0.15) is 18.1 Å². The first kappa shape index (κ1) is 13.0. The van der Waals surface area contributed by atoms with E-state index in [9.17, 15) is 10.1 Å². The molecule has 1 aliphatic carbocycles. The van der Waals surface area contributed by atoms with Crippen molar-refractivity contribution in [2.45, 2.75) is 18.4 Å². The Hall–Kier alpha value is -2.69. The second-order valence-electron chi connectivity index (χ2n) is 5.93. The third-order valence-corrected chi connectivity index (χ3v) is 4.76. The number of hydrogen-bond donors (Lipinski definition) is 0. The zero-order chi connectivity index (χ0) is 15.3. The van der Waals surface area contributed by atoms with Gasteiger partial charge in [0, 0.05) is 23.1 Å². The molecule has 1 aliphatic heterocycles. The van der Waals surface area contributed by atoms with Gasteiger partial charge in [0.2, 0.25) is 0 Å². The molecule has 0 N–H and O–H groups in total. The lowest BCUT2D eigenvalue weighted by Crippen LogP contribution is -2.15. The molecule has 0 radical (unpaired) electrons. The van der Waals surface area contributed by atoms with Crippen LogP contribution in [0.3, 0.4) is 0 Å². The van der Waals surface area contributed by atoms with E-state index in [4.69, 9.17) is 4.84 Å². The Morgan fingerprint density at radius 2 is 1.82 bits per heavy atom. The lowest BCUT2D eigenvalue weighted by Gasteiger charge is -2.14. The molecule has 5 heteroatoms. The van der Waals surface area contributed by atoms with Gasteiger partial charge >= 0.3 is 0 Å². The van der Waals surface area contributed by atoms with Gasteiger partial charge in [0.05, 0.1) is 16.6 Å². The number of hydrogen-bond acceptors (Lipinski definition) is 4. The first-order valence-electron chi connectivity index (χ1n) is 7.16. The van der Waals surface area contributed by atoms with Crippen molar-refractivity contribution in [1.82, 2.24) is 0 Å². The summed E-state index contributed by atoms with van der Waals surface area (Å²) in [5.74, 6) is 0.205. The number of benzene rings is 2. The third kappa shape index (κ3) is 1.68. The van der Waals surface area contributed by atoms with Crippen LogP contribution in [0.25, 0.3) is 0 Å².